The third-order valence-electron chi connectivity index (χ3n) is 3.80. The molecule has 21 heavy (non-hydrogen) atoms. The summed E-state index contributed by atoms with van der Waals surface area (Å²) in [4.78, 5) is 11.4. The average Bonchev–Trinajstić information content (AvgIpc) is 2.91. The third kappa shape index (κ3) is 2.55. The fourth-order valence-corrected chi connectivity index (χ4v) is 2.64. The minimum Gasteiger partial charge on any atom is -0.478 e. The van der Waals surface area contributed by atoms with E-state index in [0.717, 1.165) is 17.3 Å². The van der Waals surface area contributed by atoms with E-state index in [1.165, 1.54) is 11.1 Å². The van der Waals surface area contributed by atoms with Crippen molar-refractivity contribution in [1.82, 2.24) is 4.57 Å². The number of para-hydroxylation sites is 1. The molecule has 0 radical (unpaired) electrons. The van der Waals surface area contributed by atoms with E-state index in [1.54, 1.807) is 12.1 Å². The first-order valence-corrected chi connectivity index (χ1v) is 7.08. The van der Waals surface area contributed by atoms with E-state index in [9.17, 15) is 9.90 Å². The van der Waals surface area contributed by atoms with Crippen LogP contribution in [0, 0.1) is 0 Å². The van der Waals surface area contributed by atoms with Gasteiger partial charge in [0.1, 0.15) is 0 Å². The van der Waals surface area contributed by atoms with E-state index in [-0.39, 0.29) is 0 Å². The van der Waals surface area contributed by atoms with Crippen LogP contribution in [0.1, 0.15) is 28.4 Å². The second-order valence-electron chi connectivity index (χ2n) is 5.16. The lowest BCUT2D eigenvalue weighted by atomic mass is 10.1. The molecule has 1 N–H and O–H groups in total. The third-order valence-corrected chi connectivity index (χ3v) is 3.80. The molecular weight excluding hydrogens is 262 g/mol. The van der Waals surface area contributed by atoms with Crippen LogP contribution in [0.15, 0.2) is 54.7 Å². The summed E-state index contributed by atoms with van der Waals surface area (Å²) in [6, 6.07) is 15.8. The number of aromatic carboxylic acids is 1. The SMILES string of the molecule is CCc1ccc(Cn2ccc3cccc(C(=O)O)c32)cc1. The van der Waals surface area contributed by atoms with Gasteiger partial charge in [-0.3, -0.25) is 0 Å². The molecule has 3 aromatic rings. The number of fused-ring (bicyclic) bond motifs is 1. The van der Waals surface area contributed by atoms with Gasteiger partial charge >= 0.3 is 5.97 Å². The van der Waals surface area contributed by atoms with Crippen LogP contribution < -0.4 is 0 Å². The van der Waals surface area contributed by atoms with Gasteiger partial charge in [0, 0.05) is 18.1 Å². The standard InChI is InChI=1S/C18H17NO2/c1-2-13-6-8-14(9-7-13)12-19-11-10-15-4-3-5-16(17(15)19)18(20)21/h3-11H,2,12H2,1H3,(H,20,21). The van der Waals surface area contributed by atoms with Gasteiger partial charge in [0.15, 0.2) is 0 Å². The number of benzene rings is 2. The number of hydrogen-bond donors (Lipinski definition) is 1. The smallest absolute Gasteiger partial charge is 0.337 e. The predicted molar refractivity (Wildman–Crippen MR) is 83.8 cm³/mol. The van der Waals surface area contributed by atoms with Crippen LogP contribution in [0.5, 0.6) is 0 Å². The monoisotopic (exact) mass is 279 g/mol. The molecule has 0 amide bonds. The van der Waals surface area contributed by atoms with Crippen molar-refractivity contribution in [2.24, 2.45) is 0 Å². The molecule has 0 fully saturated rings. The zero-order valence-electron chi connectivity index (χ0n) is 11.9. The molecule has 0 aliphatic carbocycles. The first-order chi connectivity index (χ1) is 10.2. The Labute approximate surface area is 123 Å². The molecule has 0 aliphatic rings. The maximum atomic E-state index is 11.4. The molecular formula is C18H17NO2. The molecule has 0 saturated carbocycles. The summed E-state index contributed by atoms with van der Waals surface area (Å²) in [6.07, 6.45) is 2.97. The quantitative estimate of drug-likeness (QED) is 0.785. The fourth-order valence-electron chi connectivity index (χ4n) is 2.64. The van der Waals surface area contributed by atoms with Crippen molar-refractivity contribution in [3.05, 3.63) is 71.4 Å². The summed E-state index contributed by atoms with van der Waals surface area (Å²) in [7, 11) is 0. The molecule has 3 heteroatoms. The van der Waals surface area contributed by atoms with E-state index in [2.05, 4.69) is 31.2 Å². The van der Waals surface area contributed by atoms with Crippen molar-refractivity contribution < 1.29 is 9.90 Å². The second-order valence-corrected chi connectivity index (χ2v) is 5.16. The molecule has 0 bridgehead atoms. The molecule has 1 aromatic heterocycles. The van der Waals surface area contributed by atoms with Crippen molar-refractivity contribution in [3.63, 3.8) is 0 Å². The highest BCUT2D eigenvalue weighted by Crippen LogP contribution is 2.21. The van der Waals surface area contributed by atoms with Gasteiger partial charge in [-0.25, -0.2) is 4.79 Å². The number of aromatic nitrogens is 1. The molecule has 0 unspecified atom stereocenters. The summed E-state index contributed by atoms with van der Waals surface area (Å²) in [5, 5.41) is 10.3. The second kappa shape index (κ2) is 5.44. The lowest BCUT2D eigenvalue weighted by Gasteiger charge is -2.08. The number of aryl methyl sites for hydroxylation is 1. The Morgan fingerprint density at radius 2 is 1.76 bits per heavy atom. The van der Waals surface area contributed by atoms with Gasteiger partial charge in [-0.05, 0) is 29.7 Å². The first-order valence-electron chi connectivity index (χ1n) is 7.08. The molecule has 3 rings (SSSR count). The van der Waals surface area contributed by atoms with Gasteiger partial charge in [0.25, 0.3) is 0 Å². The van der Waals surface area contributed by atoms with E-state index >= 15 is 0 Å². The molecule has 0 spiro atoms. The van der Waals surface area contributed by atoms with E-state index in [4.69, 9.17) is 0 Å². The minimum atomic E-state index is -0.887. The van der Waals surface area contributed by atoms with Gasteiger partial charge in [-0.1, -0.05) is 43.3 Å². The van der Waals surface area contributed by atoms with Crippen molar-refractivity contribution in [3.8, 4) is 0 Å². The van der Waals surface area contributed by atoms with E-state index < -0.39 is 5.97 Å². The normalized spacial score (nSPS) is 10.9. The molecule has 2 aromatic carbocycles. The maximum Gasteiger partial charge on any atom is 0.337 e. The number of rotatable bonds is 4. The summed E-state index contributed by atoms with van der Waals surface area (Å²) in [6.45, 7) is 2.81. The molecule has 0 atom stereocenters. The summed E-state index contributed by atoms with van der Waals surface area (Å²) >= 11 is 0. The van der Waals surface area contributed by atoms with Gasteiger partial charge in [-0.2, -0.15) is 0 Å². The maximum absolute atomic E-state index is 11.4. The predicted octanol–water partition coefficient (Wildman–Crippen LogP) is 3.95. The molecule has 106 valence electrons. The Bertz CT molecular complexity index is 785. The number of nitrogens with zero attached hydrogens (tertiary/aromatic N) is 1. The Morgan fingerprint density at radius 3 is 2.43 bits per heavy atom. The topological polar surface area (TPSA) is 42.2 Å². The van der Waals surface area contributed by atoms with Crippen molar-refractivity contribution in [2.75, 3.05) is 0 Å². The Balaban J connectivity index is 2.02. The highest BCUT2D eigenvalue weighted by atomic mass is 16.4. The van der Waals surface area contributed by atoms with Crippen LogP contribution in [-0.4, -0.2) is 15.6 Å². The number of carbonyl (C=O) groups is 1. The Kier molecular flexibility index (Phi) is 3.48. The Hall–Kier alpha value is -2.55. The van der Waals surface area contributed by atoms with Gasteiger partial charge in [0.05, 0.1) is 11.1 Å². The van der Waals surface area contributed by atoms with Crippen LogP contribution in [0.2, 0.25) is 0 Å². The fraction of sp³-hybridized carbons (Fsp3) is 0.167. The molecule has 0 aliphatic heterocycles. The van der Waals surface area contributed by atoms with Gasteiger partial charge < -0.3 is 9.67 Å². The molecule has 3 nitrogen and oxygen atoms in total. The van der Waals surface area contributed by atoms with E-state index in [0.29, 0.717) is 12.1 Å². The highest BCUT2D eigenvalue weighted by molar-refractivity contribution is 6.02. The highest BCUT2D eigenvalue weighted by Gasteiger charge is 2.12. The summed E-state index contributed by atoms with van der Waals surface area (Å²) in [5.74, 6) is -0.887. The van der Waals surface area contributed by atoms with Crippen molar-refractivity contribution >= 4 is 16.9 Å². The average molecular weight is 279 g/mol. The number of carboxylic acid groups (broad SMARTS) is 1. The summed E-state index contributed by atoms with van der Waals surface area (Å²) < 4.78 is 2.00. The van der Waals surface area contributed by atoms with Crippen LogP contribution in [-0.2, 0) is 13.0 Å². The van der Waals surface area contributed by atoms with Crippen molar-refractivity contribution in [1.29, 1.82) is 0 Å². The van der Waals surface area contributed by atoms with Crippen LogP contribution >= 0.6 is 0 Å². The summed E-state index contributed by atoms with van der Waals surface area (Å²) in [5.41, 5.74) is 3.61. The Morgan fingerprint density at radius 1 is 1.05 bits per heavy atom. The van der Waals surface area contributed by atoms with Gasteiger partial charge in [0.2, 0.25) is 0 Å². The zero-order chi connectivity index (χ0) is 14.8. The number of carboxylic acids is 1. The van der Waals surface area contributed by atoms with Crippen LogP contribution in [0.4, 0.5) is 0 Å². The van der Waals surface area contributed by atoms with E-state index in [1.807, 2.05) is 22.9 Å². The largest absolute Gasteiger partial charge is 0.478 e. The molecule has 1 heterocycles. The molecule has 0 saturated heterocycles. The minimum absolute atomic E-state index is 0.350. The lowest BCUT2D eigenvalue weighted by molar-refractivity contribution is 0.0698. The first kappa shape index (κ1) is 13.4. The van der Waals surface area contributed by atoms with Crippen LogP contribution in [0.3, 0.4) is 0 Å². The van der Waals surface area contributed by atoms with Crippen molar-refractivity contribution in [2.45, 2.75) is 19.9 Å². The number of hydrogen-bond acceptors (Lipinski definition) is 1. The zero-order valence-corrected chi connectivity index (χ0v) is 11.9. The lowest BCUT2D eigenvalue weighted by Crippen LogP contribution is -2.04. The van der Waals surface area contributed by atoms with Crippen LogP contribution in [0.25, 0.3) is 10.9 Å². The van der Waals surface area contributed by atoms with Gasteiger partial charge in [-0.15, -0.1) is 0 Å².